The van der Waals surface area contributed by atoms with Crippen molar-refractivity contribution in [2.24, 2.45) is 0 Å². The lowest BCUT2D eigenvalue weighted by Crippen LogP contribution is -2.47. The summed E-state index contributed by atoms with van der Waals surface area (Å²) in [4.78, 5) is 50.7. The predicted octanol–water partition coefficient (Wildman–Crippen LogP) is 2.80. The zero-order valence-electron chi connectivity index (χ0n) is 25.4. The minimum atomic E-state index is -1.40. The van der Waals surface area contributed by atoms with E-state index in [2.05, 4.69) is 30.7 Å². The molecule has 2 amide bonds. The second-order valence-electron chi connectivity index (χ2n) is 11.5. The Labute approximate surface area is 267 Å². The number of amides is 2. The maximum Gasteiger partial charge on any atom is 0.328 e. The highest BCUT2D eigenvalue weighted by molar-refractivity contribution is 6.09. The van der Waals surface area contributed by atoms with Gasteiger partial charge >= 0.3 is 5.97 Å². The second-order valence-corrected chi connectivity index (χ2v) is 11.5. The molecule has 47 heavy (non-hydrogen) atoms. The van der Waals surface area contributed by atoms with Gasteiger partial charge in [0.15, 0.2) is 17.5 Å². The number of carbonyl (C=O) groups excluding carboxylic acids is 2. The minimum Gasteiger partial charge on any atom is -0.480 e. The number of pyridine rings is 1. The highest BCUT2D eigenvalue weighted by Gasteiger charge is 2.47. The number of anilines is 2. The molecule has 4 heterocycles. The number of nitrogens with zero attached hydrogens (tertiary/aromatic N) is 5. The molecule has 3 atom stereocenters. The van der Waals surface area contributed by atoms with Crippen molar-refractivity contribution in [1.82, 2.24) is 30.0 Å². The topological polar surface area (TPSA) is 198 Å². The summed E-state index contributed by atoms with van der Waals surface area (Å²) in [5.74, 6) is -2.06. The van der Waals surface area contributed by atoms with Gasteiger partial charge in [0.1, 0.15) is 28.6 Å². The van der Waals surface area contributed by atoms with Crippen LogP contribution in [0.25, 0.3) is 22.6 Å². The van der Waals surface area contributed by atoms with Crippen molar-refractivity contribution < 1.29 is 29.0 Å². The molecule has 3 aromatic heterocycles. The normalized spacial score (nSPS) is 16.8. The standard InChI is InChI=1S/C33H31FN8O5/c1-17(43)25(31(45)46)37-23(44)14-11-18-9-12-20(13-10-18)33(2)24-27(35)38-29(39-28(24)40-32(33)47)26-21-7-5-15-36-30(21)42(41-26)16-19-6-3-4-8-22(19)34/h3-10,12-13,15,17,25,43H,11,14,16H2,1-2H3,(H,37,44)(H,45,46)(H3,35,38,39,40,47)/t17-,25+,33-/m0/s1. The van der Waals surface area contributed by atoms with Crippen molar-refractivity contribution in [3.63, 3.8) is 0 Å². The maximum atomic E-state index is 14.5. The number of nitrogens with one attached hydrogen (secondary N) is 2. The van der Waals surface area contributed by atoms with E-state index in [-0.39, 0.29) is 42.2 Å². The summed E-state index contributed by atoms with van der Waals surface area (Å²) in [6.07, 6.45) is 0.671. The number of nitrogen functional groups attached to an aromatic ring is 1. The molecule has 13 nitrogen and oxygen atoms in total. The molecule has 6 rings (SSSR count). The number of nitrogens with two attached hydrogens (primary N) is 1. The number of halogens is 1. The summed E-state index contributed by atoms with van der Waals surface area (Å²) in [5, 5.41) is 29.2. The highest BCUT2D eigenvalue weighted by atomic mass is 19.1. The fourth-order valence-electron chi connectivity index (χ4n) is 5.76. The SMILES string of the molecule is C[C@H](O)[C@@H](NC(=O)CCc1ccc([C@]2(C)C(=O)Nc3nc(-c4nn(Cc5ccccc5F)c5ncccc45)nc(N)c32)cc1)C(=O)O. The number of rotatable bonds is 10. The van der Waals surface area contributed by atoms with E-state index in [0.29, 0.717) is 39.8 Å². The summed E-state index contributed by atoms with van der Waals surface area (Å²) >= 11 is 0. The first-order valence-corrected chi connectivity index (χ1v) is 14.8. The van der Waals surface area contributed by atoms with Gasteiger partial charge in [-0.1, -0.05) is 42.5 Å². The number of aryl methyl sites for hydroxylation is 1. The molecular weight excluding hydrogens is 607 g/mol. The van der Waals surface area contributed by atoms with E-state index in [1.807, 2.05) is 0 Å². The molecule has 0 saturated carbocycles. The van der Waals surface area contributed by atoms with Crippen LogP contribution in [0.5, 0.6) is 0 Å². The number of aliphatic carboxylic acids is 1. The minimum absolute atomic E-state index is 0.000250. The van der Waals surface area contributed by atoms with Gasteiger partial charge in [-0.25, -0.2) is 28.8 Å². The molecule has 0 bridgehead atoms. The number of aliphatic hydroxyl groups is 1. The summed E-state index contributed by atoms with van der Waals surface area (Å²) in [7, 11) is 0. The first-order chi connectivity index (χ1) is 22.5. The van der Waals surface area contributed by atoms with Crippen LogP contribution in [0.1, 0.15) is 42.5 Å². The summed E-state index contributed by atoms with van der Waals surface area (Å²) in [5.41, 5.74) is 8.41. The lowest BCUT2D eigenvalue weighted by molar-refractivity contribution is -0.144. The number of carboxylic acids is 1. The van der Waals surface area contributed by atoms with Crippen LogP contribution in [0.2, 0.25) is 0 Å². The van der Waals surface area contributed by atoms with E-state index in [4.69, 9.17) is 5.73 Å². The number of hydrogen-bond acceptors (Lipinski definition) is 9. The number of fused-ring (bicyclic) bond motifs is 2. The third-order valence-electron chi connectivity index (χ3n) is 8.36. The average Bonchev–Trinajstić information content (AvgIpc) is 3.54. The number of benzene rings is 2. The van der Waals surface area contributed by atoms with E-state index >= 15 is 0 Å². The smallest absolute Gasteiger partial charge is 0.328 e. The van der Waals surface area contributed by atoms with E-state index in [9.17, 15) is 29.0 Å². The molecule has 14 heteroatoms. The van der Waals surface area contributed by atoms with Crippen molar-refractivity contribution in [2.75, 3.05) is 11.1 Å². The Morgan fingerprint density at radius 2 is 1.85 bits per heavy atom. The van der Waals surface area contributed by atoms with Crippen LogP contribution in [0.3, 0.4) is 0 Å². The van der Waals surface area contributed by atoms with Gasteiger partial charge in [-0.2, -0.15) is 5.10 Å². The Morgan fingerprint density at radius 3 is 2.55 bits per heavy atom. The van der Waals surface area contributed by atoms with Crippen molar-refractivity contribution in [3.05, 3.63) is 94.9 Å². The molecule has 0 saturated heterocycles. The van der Waals surface area contributed by atoms with Crippen LogP contribution in [0.4, 0.5) is 16.0 Å². The van der Waals surface area contributed by atoms with Gasteiger partial charge < -0.3 is 26.6 Å². The molecule has 1 aliphatic rings. The van der Waals surface area contributed by atoms with Crippen molar-refractivity contribution >= 4 is 40.5 Å². The number of aromatic nitrogens is 5. The van der Waals surface area contributed by atoms with Crippen LogP contribution >= 0.6 is 0 Å². The van der Waals surface area contributed by atoms with Crippen LogP contribution < -0.4 is 16.4 Å². The third-order valence-corrected chi connectivity index (χ3v) is 8.36. The second kappa shape index (κ2) is 12.2. The molecule has 240 valence electrons. The molecule has 0 aliphatic carbocycles. The molecule has 0 radical (unpaired) electrons. The molecule has 2 aromatic carbocycles. The number of carbonyl (C=O) groups is 3. The van der Waals surface area contributed by atoms with E-state index in [1.54, 1.807) is 72.4 Å². The average molecular weight is 639 g/mol. The molecular formula is C33H31FN8O5. The summed E-state index contributed by atoms with van der Waals surface area (Å²) < 4.78 is 16.0. The maximum absolute atomic E-state index is 14.5. The monoisotopic (exact) mass is 638 g/mol. The Bertz CT molecular complexity index is 2030. The van der Waals surface area contributed by atoms with Gasteiger partial charge in [0, 0.05) is 18.2 Å². The first-order valence-electron chi connectivity index (χ1n) is 14.8. The van der Waals surface area contributed by atoms with Gasteiger partial charge in [0.2, 0.25) is 11.8 Å². The Hall–Kier alpha value is -5.76. The molecule has 1 aliphatic heterocycles. The van der Waals surface area contributed by atoms with Crippen LogP contribution in [0.15, 0.2) is 66.9 Å². The zero-order chi connectivity index (χ0) is 33.5. The van der Waals surface area contributed by atoms with Crippen molar-refractivity contribution in [2.45, 2.75) is 50.8 Å². The van der Waals surface area contributed by atoms with Crippen molar-refractivity contribution in [1.29, 1.82) is 0 Å². The van der Waals surface area contributed by atoms with Gasteiger partial charge in [-0.3, -0.25) is 9.59 Å². The fourth-order valence-corrected chi connectivity index (χ4v) is 5.76. The molecule has 6 N–H and O–H groups in total. The van der Waals surface area contributed by atoms with Gasteiger partial charge in [0.25, 0.3) is 0 Å². The van der Waals surface area contributed by atoms with Gasteiger partial charge in [-0.15, -0.1) is 0 Å². The molecule has 0 spiro atoms. The molecule has 0 fully saturated rings. The Morgan fingerprint density at radius 1 is 1.11 bits per heavy atom. The Kier molecular flexibility index (Phi) is 8.11. The van der Waals surface area contributed by atoms with Crippen molar-refractivity contribution in [3.8, 4) is 11.5 Å². The fraction of sp³-hybridized carbons (Fsp3) is 0.242. The number of hydrogen-bond donors (Lipinski definition) is 5. The number of aliphatic hydroxyl groups excluding tert-OH is 1. The Balaban J connectivity index is 1.26. The van der Waals surface area contributed by atoms with E-state index < -0.39 is 29.4 Å². The van der Waals surface area contributed by atoms with E-state index in [1.165, 1.54) is 13.0 Å². The highest BCUT2D eigenvalue weighted by Crippen LogP contribution is 2.45. The largest absolute Gasteiger partial charge is 0.480 e. The van der Waals surface area contributed by atoms with Crippen LogP contribution in [-0.2, 0) is 32.8 Å². The third kappa shape index (κ3) is 5.74. The van der Waals surface area contributed by atoms with Crippen LogP contribution in [-0.4, -0.2) is 64.9 Å². The van der Waals surface area contributed by atoms with Gasteiger partial charge in [0.05, 0.1) is 23.6 Å². The lowest BCUT2D eigenvalue weighted by atomic mass is 9.77. The lowest BCUT2D eigenvalue weighted by Gasteiger charge is -2.23. The zero-order valence-corrected chi connectivity index (χ0v) is 25.4. The summed E-state index contributed by atoms with van der Waals surface area (Å²) in [6.45, 7) is 3.14. The van der Waals surface area contributed by atoms with Gasteiger partial charge in [-0.05, 0) is 49.6 Å². The first kappa shape index (κ1) is 31.2. The number of carboxylic acid groups (broad SMARTS) is 1. The molecule has 0 unspecified atom stereocenters. The quantitative estimate of drug-likeness (QED) is 0.152. The van der Waals surface area contributed by atoms with E-state index in [0.717, 1.165) is 5.56 Å². The predicted molar refractivity (Wildman–Crippen MR) is 170 cm³/mol. The molecule has 5 aromatic rings. The summed E-state index contributed by atoms with van der Waals surface area (Å²) in [6, 6.07) is 15.6. The van der Waals surface area contributed by atoms with Crippen LogP contribution in [0, 0.1) is 5.82 Å².